The SMILES string of the molecule is C.C.C.C.C[C@@H]1C[C@@H]2OC(=O)CCC/C=C\C[C@@H]2[C@H]1CC[C@H](CCc1ccccc1)OPP.C[C@@H]1C[C@@H]2OC(=O)C[C@@H]2[C@H]1CC[C@H](CCc1ccccc1)OPP.C[C@@H]1C[C@@H]2OC(O)C[C@@H]2[C@H]1CC[C@H](CCc1ccccc1)OPP.C[C@@H]1C[C@H](O)[C@H](CC=CCCCC(=O)O)[C@H]1CC[C@H](CCc1ccccc1)OPP.O=C1C[C@@H]2[C@@H](CC[C@@H](O)CCc3ccccc3)[C@H](O)C[C@@H]2O1. The van der Waals surface area contributed by atoms with Gasteiger partial charge >= 0.3 is 23.9 Å². The molecule has 5 aromatic rings. The molecule has 5 aliphatic carbocycles. The molecule has 0 bridgehead atoms. The van der Waals surface area contributed by atoms with Crippen molar-refractivity contribution < 1.29 is 81.8 Å². The first kappa shape index (κ1) is 118. The van der Waals surface area contributed by atoms with Crippen molar-refractivity contribution >= 4 is 93.6 Å². The maximum Gasteiger partial charge on any atom is 0.306 e. The summed E-state index contributed by atoms with van der Waals surface area (Å²) in [4.78, 5) is 45.7. The van der Waals surface area contributed by atoms with Gasteiger partial charge in [0.1, 0.15) is 18.3 Å². The molecular formula is C108H172O17P8. The number of aryl methyl sites for hydroxylation is 5. The van der Waals surface area contributed by atoms with E-state index in [4.69, 9.17) is 42.1 Å². The van der Waals surface area contributed by atoms with E-state index in [9.17, 15) is 39.6 Å². The van der Waals surface area contributed by atoms with E-state index in [2.05, 4.69) is 221 Å². The number of aliphatic hydroxyl groups is 4. The van der Waals surface area contributed by atoms with E-state index in [0.29, 0.717) is 162 Å². The number of rotatable bonds is 44. The predicted octanol–water partition coefficient (Wildman–Crippen LogP) is 26.4. The number of unbranched alkanes of at least 4 members (excludes halogenated alkanes) is 1. The zero-order valence-corrected chi connectivity index (χ0v) is 85.8. The Morgan fingerprint density at radius 1 is 0.414 bits per heavy atom. The van der Waals surface area contributed by atoms with Crippen LogP contribution in [0.4, 0.5) is 0 Å². The third-order valence-corrected chi connectivity index (χ3v) is 33.2. The fourth-order valence-corrected chi connectivity index (χ4v) is 26.7. The number of carboxylic acids is 1. The summed E-state index contributed by atoms with van der Waals surface area (Å²) in [6.45, 7) is 9.26. The summed E-state index contributed by atoms with van der Waals surface area (Å²) in [7, 11) is 12.6. The Labute approximate surface area is 818 Å². The number of aliphatic hydroxyl groups excluding tert-OH is 4. The first-order valence-electron chi connectivity index (χ1n) is 48.8. The zero-order valence-electron chi connectivity index (χ0n) is 77.2. The molecule has 5 saturated carbocycles. The van der Waals surface area contributed by atoms with Crippen LogP contribution < -0.4 is 0 Å². The molecule has 3 saturated heterocycles. The van der Waals surface area contributed by atoms with Gasteiger partial charge in [0.2, 0.25) is 0 Å². The number of carbonyl (C=O) groups excluding carboxylic acids is 3. The number of carboxylic acid groups (broad SMARTS) is 1. The third kappa shape index (κ3) is 40.8. The molecule has 4 heterocycles. The van der Waals surface area contributed by atoms with Gasteiger partial charge in [-0.1, -0.05) is 269 Å². The molecule has 0 aromatic heterocycles. The van der Waals surface area contributed by atoms with Crippen molar-refractivity contribution in [2.24, 2.45) is 82.9 Å². The summed E-state index contributed by atoms with van der Waals surface area (Å²) in [6.07, 6.45) is 41.9. The topological polar surface area (TPSA) is 243 Å². The molecule has 8 fully saturated rings. The molecule has 25 heteroatoms. The van der Waals surface area contributed by atoms with Gasteiger partial charge in [0.05, 0.1) is 61.7 Å². The van der Waals surface area contributed by atoms with Gasteiger partial charge in [0, 0.05) is 77.4 Å². The number of carbonyl (C=O) groups is 4. The predicted molar refractivity (Wildman–Crippen MR) is 568 cm³/mol. The number of allylic oxidation sites excluding steroid dienone is 4. The Hall–Kier alpha value is -3.46. The summed E-state index contributed by atoms with van der Waals surface area (Å²) in [5, 5.41) is 49.4. The first-order valence-corrected chi connectivity index (χ1v) is 59.6. The van der Waals surface area contributed by atoms with Gasteiger partial charge in [0.15, 0.2) is 6.29 Å². The van der Waals surface area contributed by atoms with Crippen LogP contribution in [-0.2, 0) is 88.3 Å². The first-order chi connectivity index (χ1) is 62.6. The number of ether oxygens (including phenoxy) is 4. The van der Waals surface area contributed by atoms with Crippen molar-refractivity contribution in [1.82, 2.24) is 0 Å². The maximum absolute atomic E-state index is 12.2. The number of esters is 3. The van der Waals surface area contributed by atoms with Crippen LogP contribution in [0.5, 0.6) is 0 Å². The van der Waals surface area contributed by atoms with Gasteiger partial charge in [-0.05, 0) is 286 Å². The van der Waals surface area contributed by atoms with E-state index in [-0.39, 0.29) is 109 Å². The van der Waals surface area contributed by atoms with Crippen LogP contribution in [0.3, 0.4) is 0 Å². The Morgan fingerprint density at radius 3 is 1.21 bits per heavy atom. The van der Waals surface area contributed by atoms with Crippen molar-refractivity contribution in [2.45, 2.75) is 362 Å². The van der Waals surface area contributed by atoms with Crippen LogP contribution in [0.2, 0.25) is 0 Å². The lowest BCUT2D eigenvalue weighted by Gasteiger charge is -2.27. The highest BCUT2D eigenvalue weighted by Crippen LogP contribution is 2.52. The number of hydrogen-bond acceptors (Lipinski definition) is 16. The third-order valence-electron chi connectivity index (χ3n) is 29.7. The Bertz CT molecular complexity index is 4000. The molecule has 17 nitrogen and oxygen atoms in total. The van der Waals surface area contributed by atoms with E-state index in [0.717, 1.165) is 180 Å². The monoisotopic (exact) mass is 1990 g/mol. The minimum absolute atomic E-state index is 0. The second-order valence-electron chi connectivity index (χ2n) is 38.4. The van der Waals surface area contributed by atoms with Gasteiger partial charge < -0.3 is 62.6 Å². The molecular weight excluding hydrogens is 1820 g/mol. The van der Waals surface area contributed by atoms with Gasteiger partial charge in [-0.2, -0.15) is 0 Å². The highest BCUT2D eigenvalue weighted by Gasteiger charge is 2.51. The van der Waals surface area contributed by atoms with Crippen molar-refractivity contribution in [1.29, 1.82) is 0 Å². The molecule has 34 atom stereocenters. The molecule has 5 N–H and O–H groups in total. The summed E-state index contributed by atoms with van der Waals surface area (Å²) in [5.41, 5.74) is 6.74. The number of benzene rings is 5. The Balaban J connectivity index is 0.000000255. The van der Waals surface area contributed by atoms with Crippen molar-refractivity contribution in [3.63, 3.8) is 0 Å². The van der Waals surface area contributed by atoms with Crippen LogP contribution in [0, 0.1) is 82.9 Å². The highest BCUT2D eigenvalue weighted by molar-refractivity contribution is 8.01. The molecule has 9 unspecified atom stereocenters. The molecule has 4 aliphatic heterocycles. The van der Waals surface area contributed by atoms with Gasteiger partial charge in [0.25, 0.3) is 0 Å². The van der Waals surface area contributed by atoms with E-state index in [1.165, 1.54) is 34.2 Å². The van der Waals surface area contributed by atoms with E-state index < -0.39 is 18.4 Å². The van der Waals surface area contributed by atoms with Gasteiger partial charge in [-0.25, -0.2) is 0 Å². The Morgan fingerprint density at radius 2 is 0.774 bits per heavy atom. The van der Waals surface area contributed by atoms with Crippen molar-refractivity contribution in [3.8, 4) is 0 Å². The minimum atomic E-state index is -0.737. The minimum Gasteiger partial charge on any atom is -0.481 e. The van der Waals surface area contributed by atoms with Gasteiger partial charge in [-0.15, -0.1) is 0 Å². The molecule has 0 amide bonds. The lowest BCUT2D eigenvalue weighted by Crippen LogP contribution is -2.26. The Kier molecular flexibility index (Phi) is 58.3. The van der Waals surface area contributed by atoms with Crippen molar-refractivity contribution in [3.05, 3.63) is 204 Å². The van der Waals surface area contributed by atoms with Crippen LogP contribution in [0.1, 0.15) is 284 Å². The average molecular weight is 1990 g/mol. The maximum atomic E-state index is 12.2. The van der Waals surface area contributed by atoms with Crippen LogP contribution >= 0.6 is 69.7 Å². The number of aliphatic carboxylic acids is 1. The molecule has 0 spiro atoms. The zero-order chi connectivity index (χ0) is 91.7. The fraction of sp³-hybridized carbons (Fsp3) is 0.648. The second-order valence-corrected chi connectivity index (χ2v) is 43.1. The van der Waals surface area contributed by atoms with E-state index >= 15 is 0 Å². The van der Waals surface area contributed by atoms with Crippen LogP contribution in [0.25, 0.3) is 0 Å². The molecule has 746 valence electrons. The fourth-order valence-electron chi connectivity index (χ4n) is 22.7. The molecule has 14 rings (SSSR count). The molecule has 133 heavy (non-hydrogen) atoms. The highest BCUT2D eigenvalue weighted by atomic mass is 32.0. The summed E-state index contributed by atoms with van der Waals surface area (Å²) >= 11 is 0. The average Bonchev–Trinajstić information content (AvgIpc) is 1.65. The molecule has 9 aliphatic rings. The second kappa shape index (κ2) is 65.6. The summed E-state index contributed by atoms with van der Waals surface area (Å²) in [5.74, 6) is 5.96. The van der Waals surface area contributed by atoms with Crippen molar-refractivity contribution in [2.75, 3.05) is 0 Å². The summed E-state index contributed by atoms with van der Waals surface area (Å²) in [6, 6.07) is 52.7. The van der Waals surface area contributed by atoms with E-state index in [1.807, 2.05) is 18.2 Å². The quantitative estimate of drug-likeness (QED) is 0.00800. The van der Waals surface area contributed by atoms with Gasteiger partial charge in [-0.3, -0.25) is 19.2 Å². The van der Waals surface area contributed by atoms with Crippen LogP contribution in [0.15, 0.2) is 176 Å². The lowest BCUT2D eigenvalue weighted by atomic mass is 9.83. The number of hydrogen-bond donors (Lipinski definition) is 5. The largest absolute Gasteiger partial charge is 0.481 e. The molecule has 0 radical (unpaired) electrons. The normalized spacial score (nSPS) is 29.2. The van der Waals surface area contributed by atoms with E-state index in [1.54, 1.807) is 0 Å². The standard InChI is InChI=1S/C24H38O4P2.C24H36O3P2.C19H30O3P2.C19H28O3P2.C18H24O4.4CH4/c1-18-17-23(25)22(11-7-2-3-8-12-24(26)27)21(18)16-15-20(28-30-29)14-13-19-9-5-4-6-10-19;1-18-17-23-22(11-7-2-3-8-12-24(25)26-23)21(18)16-15-20(27-29-28)14-13-19-9-5-4-6-10-19;2*1-13-11-18-17(12-19(20)21-18)16(13)10-9-15(22-24-23)8-7-14-5-3-2-4-6-14;19-13(7-6-12-4-2-1-3-5-12)8-9-14-15-10-18(21)22-17(15)11-16(14)20;;;;/h2,4-7,9-10,18,20-23,25,30H,3,8,11-17,29H2,1H3,(H,26,27);2,4-7,9-10,18,20-23,29H,3,8,11-17,28H2,1H3;2-6,13,15-20,24H,7-12,23H2,1H3;2-6,13,15-18,24H,7-12,23H2,1H3;1-5,13-17,19-20H,6-11H2;4*1H4/b;7-2-;;;;;;;/t2*18-,20+,21+,22-,23+;13-,15+,16+,17-,18+,19?;13-,15+,16+,17-,18+;13-,14+,15+,16+,17-;;;;/m11110..../s1. The number of fused-ring (bicyclic) bond motifs is 4. The lowest BCUT2D eigenvalue weighted by molar-refractivity contribution is -0.151. The summed E-state index contributed by atoms with van der Waals surface area (Å²) < 4.78 is 46.4. The smallest absolute Gasteiger partial charge is 0.306 e. The molecule has 5 aromatic carbocycles. The van der Waals surface area contributed by atoms with Crippen LogP contribution in [-0.4, -0.2) is 123 Å².